The molecular formula is C22H22FN5O2. The second-order valence-electron chi connectivity index (χ2n) is 7.78. The van der Waals surface area contributed by atoms with Gasteiger partial charge in [-0.3, -0.25) is 4.40 Å². The van der Waals surface area contributed by atoms with Crippen molar-refractivity contribution in [2.24, 2.45) is 0 Å². The molecule has 0 bridgehead atoms. The van der Waals surface area contributed by atoms with E-state index >= 15 is 0 Å². The van der Waals surface area contributed by atoms with E-state index in [0.717, 1.165) is 36.9 Å². The van der Waals surface area contributed by atoms with E-state index in [0.29, 0.717) is 29.7 Å². The van der Waals surface area contributed by atoms with Crippen LogP contribution in [0, 0.1) is 5.82 Å². The molecule has 8 heteroatoms. The first kappa shape index (κ1) is 18.7. The third-order valence-electron chi connectivity index (χ3n) is 5.64. The molecule has 0 aliphatic heterocycles. The van der Waals surface area contributed by atoms with Crippen LogP contribution in [0.3, 0.4) is 0 Å². The Morgan fingerprint density at radius 1 is 1.10 bits per heavy atom. The van der Waals surface area contributed by atoms with Crippen LogP contribution in [-0.2, 0) is 0 Å². The zero-order chi connectivity index (χ0) is 20.6. The Hall–Kier alpha value is -3.26. The van der Waals surface area contributed by atoms with Crippen molar-refractivity contribution < 1.29 is 13.9 Å². The fourth-order valence-corrected chi connectivity index (χ4v) is 4.05. The van der Waals surface area contributed by atoms with E-state index in [1.165, 1.54) is 18.6 Å². The molecule has 3 aromatic heterocycles. The van der Waals surface area contributed by atoms with Gasteiger partial charge in [0.05, 0.1) is 11.3 Å². The number of imidazole rings is 1. The van der Waals surface area contributed by atoms with Crippen molar-refractivity contribution in [1.82, 2.24) is 19.4 Å². The van der Waals surface area contributed by atoms with Gasteiger partial charge in [0.25, 0.3) is 0 Å². The number of nitrogens with zero attached hydrogens (tertiary/aromatic N) is 4. The van der Waals surface area contributed by atoms with Crippen LogP contribution in [0.1, 0.15) is 32.1 Å². The number of anilines is 1. The number of halogens is 1. The molecule has 2 N–H and O–H groups in total. The number of aromatic nitrogens is 4. The SMILES string of the molecule is OC1(CNc2nccc(-c3c(-c4ccc(F)cc4)nc4occn34)n2)CCCCC1. The minimum Gasteiger partial charge on any atom is -0.432 e. The first-order valence-electron chi connectivity index (χ1n) is 10.1. The lowest BCUT2D eigenvalue weighted by Gasteiger charge is -2.32. The lowest BCUT2D eigenvalue weighted by molar-refractivity contribution is 0.0166. The molecule has 0 saturated heterocycles. The molecule has 1 aromatic carbocycles. The maximum absolute atomic E-state index is 13.4. The second kappa shape index (κ2) is 7.53. The quantitative estimate of drug-likeness (QED) is 0.513. The highest BCUT2D eigenvalue weighted by atomic mass is 19.1. The van der Waals surface area contributed by atoms with Gasteiger partial charge >= 0.3 is 5.84 Å². The van der Waals surface area contributed by atoms with Gasteiger partial charge in [0.1, 0.15) is 23.5 Å². The van der Waals surface area contributed by atoms with Crippen molar-refractivity contribution in [3.05, 3.63) is 54.8 Å². The van der Waals surface area contributed by atoms with Crippen LogP contribution in [0.5, 0.6) is 0 Å². The first-order valence-corrected chi connectivity index (χ1v) is 10.1. The molecule has 0 atom stereocenters. The third-order valence-corrected chi connectivity index (χ3v) is 5.64. The monoisotopic (exact) mass is 407 g/mol. The Morgan fingerprint density at radius 2 is 1.90 bits per heavy atom. The maximum Gasteiger partial charge on any atom is 0.306 e. The molecule has 30 heavy (non-hydrogen) atoms. The lowest BCUT2D eigenvalue weighted by Crippen LogP contribution is -2.39. The number of oxazole rings is 1. The van der Waals surface area contributed by atoms with Crippen molar-refractivity contribution in [2.75, 3.05) is 11.9 Å². The van der Waals surface area contributed by atoms with Crippen molar-refractivity contribution in [3.63, 3.8) is 0 Å². The standard InChI is InChI=1S/C22H22FN5O2/c23-16-6-4-15(5-7-16)18-19(28-12-13-30-21(28)27-18)17-8-11-24-20(26-17)25-14-22(29)9-2-1-3-10-22/h4-8,11-13,29H,1-3,9-10,14H2,(H,24,25,26). The Labute approximate surface area is 172 Å². The lowest BCUT2D eigenvalue weighted by atomic mass is 9.85. The Morgan fingerprint density at radius 3 is 2.70 bits per heavy atom. The molecule has 0 amide bonds. The summed E-state index contributed by atoms with van der Waals surface area (Å²) in [6.45, 7) is 0.412. The number of nitrogens with one attached hydrogen (secondary N) is 1. The molecule has 5 rings (SSSR count). The molecular weight excluding hydrogens is 385 g/mol. The molecule has 7 nitrogen and oxygen atoms in total. The summed E-state index contributed by atoms with van der Waals surface area (Å²) in [7, 11) is 0. The fraction of sp³-hybridized carbons (Fsp3) is 0.318. The third kappa shape index (κ3) is 3.54. The topological polar surface area (TPSA) is 88.5 Å². The molecule has 1 fully saturated rings. The summed E-state index contributed by atoms with van der Waals surface area (Å²) < 4.78 is 20.7. The van der Waals surface area contributed by atoms with E-state index in [9.17, 15) is 9.50 Å². The van der Waals surface area contributed by atoms with Gasteiger partial charge in [-0.15, -0.1) is 0 Å². The predicted octanol–water partition coefficient (Wildman–Crippen LogP) is 4.30. The first-order chi connectivity index (χ1) is 14.6. The highest BCUT2D eigenvalue weighted by molar-refractivity contribution is 5.79. The number of aliphatic hydroxyl groups is 1. The molecule has 0 spiro atoms. The number of hydrogen-bond acceptors (Lipinski definition) is 6. The Balaban J connectivity index is 1.49. The molecule has 154 valence electrons. The van der Waals surface area contributed by atoms with Crippen LogP contribution in [0.4, 0.5) is 10.3 Å². The molecule has 1 aliphatic carbocycles. The smallest absolute Gasteiger partial charge is 0.306 e. The van der Waals surface area contributed by atoms with E-state index in [1.54, 1.807) is 41.3 Å². The van der Waals surface area contributed by atoms with E-state index in [2.05, 4.69) is 20.3 Å². The average molecular weight is 407 g/mol. The summed E-state index contributed by atoms with van der Waals surface area (Å²) in [6, 6.07) is 7.96. The molecule has 0 radical (unpaired) electrons. The molecule has 3 heterocycles. The van der Waals surface area contributed by atoms with E-state index in [1.807, 2.05) is 0 Å². The van der Waals surface area contributed by atoms with Crippen LogP contribution in [0.15, 0.2) is 53.4 Å². The minimum atomic E-state index is -0.717. The average Bonchev–Trinajstić information content (AvgIpc) is 3.35. The fourth-order valence-electron chi connectivity index (χ4n) is 4.05. The van der Waals surface area contributed by atoms with Gasteiger partial charge in [0, 0.05) is 24.5 Å². The minimum absolute atomic E-state index is 0.308. The van der Waals surface area contributed by atoms with Gasteiger partial charge in [0.15, 0.2) is 0 Å². The highest BCUT2D eigenvalue weighted by Gasteiger charge is 2.29. The largest absolute Gasteiger partial charge is 0.432 e. The van der Waals surface area contributed by atoms with Gasteiger partial charge in [-0.25, -0.2) is 14.4 Å². The molecule has 0 unspecified atom stereocenters. The number of hydrogen-bond donors (Lipinski definition) is 2. The molecule has 1 saturated carbocycles. The predicted molar refractivity (Wildman–Crippen MR) is 110 cm³/mol. The van der Waals surface area contributed by atoms with E-state index in [-0.39, 0.29) is 5.82 Å². The van der Waals surface area contributed by atoms with Gasteiger partial charge < -0.3 is 14.8 Å². The zero-order valence-electron chi connectivity index (χ0n) is 16.4. The highest BCUT2D eigenvalue weighted by Crippen LogP contribution is 2.33. The maximum atomic E-state index is 13.4. The Kier molecular flexibility index (Phi) is 4.71. The van der Waals surface area contributed by atoms with Gasteiger partial charge in [0.2, 0.25) is 5.95 Å². The second-order valence-corrected chi connectivity index (χ2v) is 7.78. The van der Waals surface area contributed by atoms with Crippen molar-refractivity contribution in [3.8, 4) is 22.6 Å². The summed E-state index contributed by atoms with van der Waals surface area (Å²) in [4.78, 5) is 13.5. The summed E-state index contributed by atoms with van der Waals surface area (Å²) in [5.74, 6) is 0.557. The van der Waals surface area contributed by atoms with E-state index in [4.69, 9.17) is 4.42 Å². The normalized spacial score (nSPS) is 16.1. The number of benzene rings is 1. The molecule has 4 aromatic rings. The zero-order valence-corrected chi connectivity index (χ0v) is 16.4. The van der Waals surface area contributed by atoms with Crippen molar-refractivity contribution in [1.29, 1.82) is 0 Å². The number of rotatable bonds is 5. The van der Waals surface area contributed by atoms with Crippen LogP contribution in [0.25, 0.3) is 28.5 Å². The summed E-state index contributed by atoms with van der Waals surface area (Å²) >= 11 is 0. The number of fused-ring (bicyclic) bond motifs is 1. The van der Waals surface area contributed by atoms with Gasteiger partial charge in [-0.2, -0.15) is 4.98 Å². The summed E-state index contributed by atoms with van der Waals surface area (Å²) in [6.07, 6.45) is 9.80. The van der Waals surface area contributed by atoms with Gasteiger partial charge in [-0.1, -0.05) is 19.3 Å². The van der Waals surface area contributed by atoms with Crippen LogP contribution < -0.4 is 5.32 Å². The van der Waals surface area contributed by atoms with Crippen molar-refractivity contribution >= 4 is 11.8 Å². The van der Waals surface area contributed by atoms with Crippen LogP contribution in [-0.4, -0.2) is 36.6 Å². The van der Waals surface area contributed by atoms with Crippen LogP contribution >= 0.6 is 0 Å². The van der Waals surface area contributed by atoms with Gasteiger partial charge in [-0.05, 0) is 43.2 Å². The summed E-state index contributed by atoms with van der Waals surface area (Å²) in [5.41, 5.74) is 2.06. The summed E-state index contributed by atoms with van der Waals surface area (Å²) in [5, 5.41) is 13.9. The van der Waals surface area contributed by atoms with Crippen molar-refractivity contribution in [2.45, 2.75) is 37.7 Å². The van der Waals surface area contributed by atoms with E-state index < -0.39 is 5.60 Å². The van der Waals surface area contributed by atoms with Crippen LogP contribution in [0.2, 0.25) is 0 Å². The Bertz CT molecular complexity index is 1160. The molecule has 1 aliphatic rings.